The van der Waals surface area contributed by atoms with Crippen molar-refractivity contribution in [2.24, 2.45) is 0 Å². The molecule has 11 heteroatoms. The Bertz CT molecular complexity index is 776. The van der Waals surface area contributed by atoms with Crippen LogP contribution in [0.15, 0.2) is 12.1 Å². The predicted octanol–water partition coefficient (Wildman–Crippen LogP) is 4.26. The summed E-state index contributed by atoms with van der Waals surface area (Å²) in [5.41, 5.74) is 0.925. The highest BCUT2D eigenvalue weighted by atomic mass is 32.1. The molecule has 150 valence electrons. The van der Waals surface area contributed by atoms with Gasteiger partial charge in [-0.3, -0.25) is 0 Å². The van der Waals surface area contributed by atoms with Gasteiger partial charge in [-0.15, -0.1) is 0 Å². The van der Waals surface area contributed by atoms with E-state index in [4.69, 9.17) is 14.2 Å². The first-order valence-corrected chi connectivity index (χ1v) is 8.68. The highest BCUT2D eigenvalue weighted by Gasteiger charge is 2.20. The molecule has 0 unspecified atom stereocenters. The highest BCUT2D eigenvalue weighted by molar-refractivity contribution is 7.11. The number of nitrogens with zero attached hydrogens (tertiary/aromatic N) is 2. The first-order chi connectivity index (χ1) is 12.6. The van der Waals surface area contributed by atoms with E-state index in [2.05, 4.69) is 12.0 Å². The lowest BCUT2D eigenvalue weighted by atomic mass is 10.1. The molecule has 0 amide bonds. The summed E-state index contributed by atoms with van der Waals surface area (Å²) in [6, 6.07) is 3.81. The van der Waals surface area contributed by atoms with Crippen molar-refractivity contribution in [3.63, 3.8) is 0 Å². The standard InChI is InChI=1S/C16H21N2O3S.BF4/c1-6-18-14(22-11(2)17-18)10-8-12-7-9-13(19-3)16(21-5)15(12)20-4;2-1(3,4)5/h7-10H,6H2,1-5H3;/q+1;-1/b10-8+;. The minimum atomic E-state index is -6.00. The molecule has 1 aromatic heterocycles. The lowest BCUT2D eigenvalue weighted by molar-refractivity contribution is -0.747. The average Bonchev–Trinajstić information content (AvgIpc) is 2.97. The minimum Gasteiger partial charge on any atom is -0.493 e. The van der Waals surface area contributed by atoms with E-state index in [-0.39, 0.29) is 0 Å². The van der Waals surface area contributed by atoms with Crippen molar-refractivity contribution in [2.75, 3.05) is 21.3 Å². The van der Waals surface area contributed by atoms with Gasteiger partial charge in [-0.2, -0.15) is 0 Å². The second-order valence-electron chi connectivity index (χ2n) is 5.03. The third kappa shape index (κ3) is 7.08. The SMILES string of the molecule is CC[n+]1nc(C)sc1/C=C/c1ccc(OC)c(OC)c1OC.F[B-](F)(F)F. The van der Waals surface area contributed by atoms with E-state index in [1.54, 1.807) is 32.7 Å². The topological polar surface area (TPSA) is 44.5 Å². The molecule has 2 rings (SSSR count). The van der Waals surface area contributed by atoms with Crippen LogP contribution in [0.25, 0.3) is 12.2 Å². The van der Waals surface area contributed by atoms with Gasteiger partial charge in [0.25, 0.3) is 5.01 Å². The second kappa shape index (κ2) is 10.1. The molecule has 5 nitrogen and oxygen atoms in total. The molecule has 0 saturated heterocycles. The zero-order valence-corrected chi connectivity index (χ0v) is 16.4. The minimum absolute atomic E-state index is 0.594. The molecule has 0 fully saturated rings. The van der Waals surface area contributed by atoms with E-state index < -0.39 is 7.25 Å². The maximum atomic E-state index is 9.75. The molecular formula is C16H21BF4N2O3S. The smallest absolute Gasteiger partial charge is 0.493 e. The van der Waals surface area contributed by atoms with Gasteiger partial charge in [0.1, 0.15) is 0 Å². The fraction of sp³-hybridized carbons (Fsp3) is 0.375. The number of hydrogen-bond donors (Lipinski definition) is 0. The number of aryl methyl sites for hydroxylation is 2. The van der Waals surface area contributed by atoms with Crippen LogP contribution in [0.2, 0.25) is 0 Å². The van der Waals surface area contributed by atoms with Gasteiger partial charge >= 0.3 is 7.25 Å². The Hall–Kier alpha value is -2.30. The van der Waals surface area contributed by atoms with Crippen LogP contribution in [0.4, 0.5) is 17.3 Å². The maximum Gasteiger partial charge on any atom is 0.673 e. The number of aromatic nitrogens is 2. The molecule has 2 aromatic rings. The second-order valence-corrected chi connectivity index (χ2v) is 6.24. The largest absolute Gasteiger partial charge is 0.673 e. The molecule has 0 aliphatic carbocycles. The van der Waals surface area contributed by atoms with Crippen molar-refractivity contribution in [3.05, 3.63) is 27.7 Å². The fourth-order valence-corrected chi connectivity index (χ4v) is 3.06. The Balaban J connectivity index is 0.000000646. The van der Waals surface area contributed by atoms with E-state index in [0.717, 1.165) is 22.1 Å². The van der Waals surface area contributed by atoms with Gasteiger partial charge in [0.2, 0.25) is 5.75 Å². The first kappa shape index (κ1) is 22.7. The van der Waals surface area contributed by atoms with Crippen LogP contribution in [0.5, 0.6) is 17.2 Å². The molecule has 0 N–H and O–H groups in total. The van der Waals surface area contributed by atoms with Gasteiger partial charge in [0.05, 0.1) is 21.3 Å². The van der Waals surface area contributed by atoms with Crippen LogP contribution < -0.4 is 18.9 Å². The van der Waals surface area contributed by atoms with Gasteiger partial charge in [0.15, 0.2) is 23.1 Å². The van der Waals surface area contributed by atoms with Gasteiger partial charge < -0.3 is 31.5 Å². The van der Waals surface area contributed by atoms with E-state index >= 15 is 0 Å². The molecule has 27 heavy (non-hydrogen) atoms. The van der Waals surface area contributed by atoms with Gasteiger partial charge in [0, 0.05) is 16.7 Å². The number of rotatable bonds is 6. The van der Waals surface area contributed by atoms with Crippen molar-refractivity contribution in [1.29, 1.82) is 0 Å². The van der Waals surface area contributed by atoms with E-state index in [1.807, 2.05) is 35.9 Å². The van der Waals surface area contributed by atoms with Gasteiger partial charge in [-0.1, -0.05) is 4.68 Å². The quantitative estimate of drug-likeness (QED) is 0.407. The third-order valence-electron chi connectivity index (χ3n) is 3.21. The molecule has 0 saturated carbocycles. The average molecular weight is 408 g/mol. The van der Waals surface area contributed by atoms with Crippen molar-refractivity contribution in [1.82, 2.24) is 5.10 Å². The Morgan fingerprint density at radius 2 is 1.63 bits per heavy atom. The Morgan fingerprint density at radius 1 is 1.04 bits per heavy atom. The summed E-state index contributed by atoms with van der Waals surface area (Å²) < 4.78 is 57.2. The van der Waals surface area contributed by atoms with Gasteiger partial charge in [-0.05, 0) is 43.4 Å². The Labute approximate surface area is 159 Å². The summed E-state index contributed by atoms with van der Waals surface area (Å²) in [6.45, 7) is 4.92. The number of methoxy groups -OCH3 is 3. The number of ether oxygens (including phenoxy) is 3. The molecule has 0 atom stereocenters. The summed E-state index contributed by atoms with van der Waals surface area (Å²) in [7, 11) is -1.17. The number of benzene rings is 1. The molecule has 0 aliphatic heterocycles. The molecular weight excluding hydrogens is 387 g/mol. The van der Waals surface area contributed by atoms with Crippen LogP contribution in [0.3, 0.4) is 0 Å². The lowest BCUT2D eigenvalue weighted by Gasteiger charge is -2.13. The molecule has 0 spiro atoms. The first-order valence-electron chi connectivity index (χ1n) is 7.86. The summed E-state index contributed by atoms with van der Waals surface area (Å²) >= 11 is 1.66. The summed E-state index contributed by atoms with van der Waals surface area (Å²) in [5, 5.41) is 6.59. The molecule has 1 heterocycles. The Morgan fingerprint density at radius 3 is 2.11 bits per heavy atom. The van der Waals surface area contributed by atoms with Crippen LogP contribution in [0, 0.1) is 6.92 Å². The molecule has 0 aliphatic rings. The zero-order valence-electron chi connectivity index (χ0n) is 15.6. The number of halogens is 4. The van der Waals surface area contributed by atoms with Crippen LogP contribution in [-0.4, -0.2) is 33.7 Å². The van der Waals surface area contributed by atoms with E-state index in [0.29, 0.717) is 17.2 Å². The van der Waals surface area contributed by atoms with Crippen LogP contribution in [-0.2, 0) is 6.54 Å². The van der Waals surface area contributed by atoms with Crippen molar-refractivity contribution in [2.45, 2.75) is 20.4 Å². The number of hydrogen-bond acceptors (Lipinski definition) is 5. The highest BCUT2D eigenvalue weighted by Crippen LogP contribution is 2.40. The fourth-order valence-electron chi connectivity index (χ4n) is 2.21. The maximum absolute atomic E-state index is 9.75. The van der Waals surface area contributed by atoms with E-state index in [9.17, 15) is 17.3 Å². The Kier molecular flexibility index (Phi) is 8.55. The predicted molar refractivity (Wildman–Crippen MR) is 97.9 cm³/mol. The van der Waals surface area contributed by atoms with Crippen LogP contribution in [0.1, 0.15) is 22.5 Å². The zero-order chi connectivity index (χ0) is 20.6. The van der Waals surface area contributed by atoms with Crippen LogP contribution >= 0.6 is 11.3 Å². The van der Waals surface area contributed by atoms with Crippen molar-refractivity contribution < 1.29 is 36.2 Å². The van der Waals surface area contributed by atoms with Crippen molar-refractivity contribution >= 4 is 30.7 Å². The molecule has 0 radical (unpaired) electrons. The normalized spacial score (nSPS) is 11.1. The van der Waals surface area contributed by atoms with Gasteiger partial charge in [-0.25, -0.2) is 0 Å². The lowest BCUT2D eigenvalue weighted by Crippen LogP contribution is -2.36. The third-order valence-corrected chi connectivity index (χ3v) is 4.14. The summed E-state index contributed by atoms with van der Waals surface area (Å²) in [4.78, 5) is 0. The van der Waals surface area contributed by atoms with E-state index in [1.165, 1.54) is 0 Å². The van der Waals surface area contributed by atoms with Crippen molar-refractivity contribution in [3.8, 4) is 17.2 Å². The summed E-state index contributed by atoms with van der Waals surface area (Å²) in [6.07, 6.45) is 4.04. The molecule has 1 aromatic carbocycles. The molecule has 0 bridgehead atoms. The monoisotopic (exact) mass is 408 g/mol. The summed E-state index contributed by atoms with van der Waals surface area (Å²) in [5.74, 6) is 1.90.